The van der Waals surface area contributed by atoms with Gasteiger partial charge in [-0.15, -0.1) is 12.4 Å². The Morgan fingerprint density at radius 3 is 2.29 bits per heavy atom. The third-order valence-corrected chi connectivity index (χ3v) is 5.60. The van der Waals surface area contributed by atoms with Gasteiger partial charge < -0.3 is 24.4 Å². The summed E-state index contributed by atoms with van der Waals surface area (Å²) in [4.78, 5) is 15.4. The van der Waals surface area contributed by atoms with Gasteiger partial charge in [-0.2, -0.15) is 0 Å². The smallest absolute Gasteiger partial charge is 0.231 e. The lowest BCUT2D eigenvalue weighted by Gasteiger charge is -2.41. The van der Waals surface area contributed by atoms with E-state index in [4.69, 9.17) is 14.2 Å². The predicted molar refractivity (Wildman–Crippen MR) is 112 cm³/mol. The van der Waals surface area contributed by atoms with E-state index in [0.717, 1.165) is 56.0 Å². The fourth-order valence-electron chi connectivity index (χ4n) is 4.21. The van der Waals surface area contributed by atoms with Crippen molar-refractivity contribution in [1.29, 1.82) is 0 Å². The van der Waals surface area contributed by atoms with Gasteiger partial charge in [-0.05, 0) is 69.5 Å². The van der Waals surface area contributed by atoms with Gasteiger partial charge in [-0.1, -0.05) is 0 Å². The lowest BCUT2D eigenvalue weighted by atomic mass is 9.77. The van der Waals surface area contributed by atoms with Gasteiger partial charge in [-0.3, -0.25) is 4.79 Å². The van der Waals surface area contributed by atoms with Crippen LogP contribution in [0.1, 0.15) is 37.8 Å². The molecule has 0 spiro atoms. The summed E-state index contributed by atoms with van der Waals surface area (Å²) < 4.78 is 17.0. The number of methoxy groups -OCH3 is 1. The maximum atomic E-state index is 13.4. The average molecular weight is 413 g/mol. The first-order valence-electron chi connectivity index (χ1n) is 10.0. The molecule has 3 rings (SSSR count). The van der Waals surface area contributed by atoms with Gasteiger partial charge in [0.1, 0.15) is 0 Å². The number of hydrogen-bond donors (Lipinski definition) is 1. The highest BCUT2D eigenvalue weighted by Gasteiger charge is 2.42. The van der Waals surface area contributed by atoms with Crippen molar-refractivity contribution in [1.82, 2.24) is 10.2 Å². The second-order valence-corrected chi connectivity index (χ2v) is 7.37. The minimum absolute atomic E-state index is 0. The molecule has 0 unspecified atom stereocenters. The Kier molecular flexibility index (Phi) is 8.40. The van der Waals surface area contributed by atoms with E-state index in [1.54, 1.807) is 7.11 Å². The Morgan fingerprint density at radius 2 is 1.71 bits per heavy atom. The standard InChI is InChI=1S/C21H32N2O4.ClH/c1-4-26-18-12-16-6-11-23(14-17(16)13-19(18)27-5-2)20(24)21(15-25-3)7-9-22-10-8-21;/h12-13,22H,4-11,14-15H2,1-3H3;1H. The van der Waals surface area contributed by atoms with Crippen molar-refractivity contribution < 1.29 is 19.0 Å². The third kappa shape index (κ3) is 4.73. The molecule has 0 atom stereocenters. The molecule has 1 fully saturated rings. The van der Waals surface area contributed by atoms with E-state index in [-0.39, 0.29) is 18.3 Å². The quantitative estimate of drug-likeness (QED) is 0.746. The van der Waals surface area contributed by atoms with Crippen molar-refractivity contribution in [3.63, 3.8) is 0 Å². The highest BCUT2D eigenvalue weighted by atomic mass is 35.5. The van der Waals surface area contributed by atoms with E-state index in [1.165, 1.54) is 5.56 Å². The van der Waals surface area contributed by atoms with Crippen molar-refractivity contribution in [2.75, 3.05) is 46.6 Å². The molecule has 7 heteroatoms. The van der Waals surface area contributed by atoms with Crippen LogP contribution in [0.15, 0.2) is 12.1 Å². The third-order valence-electron chi connectivity index (χ3n) is 5.60. The molecule has 0 aliphatic carbocycles. The molecule has 2 aliphatic rings. The Labute approximate surface area is 174 Å². The maximum Gasteiger partial charge on any atom is 0.231 e. The van der Waals surface area contributed by atoms with E-state index in [2.05, 4.69) is 17.4 Å². The number of hydrogen-bond acceptors (Lipinski definition) is 5. The molecule has 0 radical (unpaired) electrons. The number of halogens is 1. The number of carbonyl (C=O) groups excluding carboxylic acids is 1. The number of rotatable bonds is 7. The Morgan fingerprint density at radius 1 is 1.11 bits per heavy atom. The zero-order chi connectivity index (χ0) is 19.3. The van der Waals surface area contributed by atoms with E-state index in [0.29, 0.717) is 26.4 Å². The summed E-state index contributed by atoms with van der Waals surface area (Å²) in [7, 11) is 1.69. The SMILES string of the molecule is CCOc1cc2c(cc1OCC)CN(C(=O)C1(COC)CCNCC1)CC2.Cl. The largest absolute Gasteiger partial charge is 0.490 e. The van der Waals surface area contributed by atoms with E-state index in [1.807, 2.05) is 18.7 Å². The monoisotopic (exact) mass is 412 g/mol. The summed E-state index contributed by atoms with van der Waals surface area (Å²) >= 11 is 0. The van der Waals surface area contributed by atoms with Crippen molar-refractivity contribution in [2.24, 2.45) is 5.41 Å². The molecule has 1 amide bonds. The number of carbonyl (C=O) groups is 1. The van der Waals surface area contributed by atoms with E-state index in [9.17, 15) is 4.79 Å². The Hall–Kier alpha value is -1.50. The molecule has 2 aliphatic heterocycles. The first kappa shape index (κ1) is 22.8. The average Bonchev–Trinajstić information content (AvgIpc) is 2.69. The molecular formula is C21H33ClN2O4. The van der Waals surface area contributed by atoms with Crippen LogP contribution in [0.25, 0.3) is 0 Å². The Balaban J connectivity index is 0.00000280. The molecule has 2 heterocycles. The van der Waals surface area contributed by atoms with E-state index >= 15 is 0 Å². The minimum Gasteiger partial charge on any atom is -0.490 e. The van der Waals surface area contributed by atoms with Gasteiger partial charge in [-0.25, -0.2) is 0 Å². The summed E-state index contributed by atoms with van der Waals surface area (Å²) in [5.41, 5.74) is 2.01. The fraction of sp³-hybridized carbons (Fsp3) is 0.667. The zero-order valence-electron chi connectivity index (χ0n) is 17.2. The number of nitrogens with one attached hydrogen (secondary N) is 1. The van der Waals surface area contributed by atoms with Crippen LogP contribution in [-0.2, 0) is 22.5 Å². The number of benzene rings is 1. The molecule has 0 aromatic heterocycles. The number of nitrogens with zero attached hydrogens (tertiary/aromatic N) is 1. The van der Waals surface area contributed by atoms with Crippen molar-refractivity contribution in [2.45, 2.75) is 39.7 Å². The maximum absolute atomic E-state index is 13.4. The van der Waals surface area contributed by atoms with Crippen LogP contribution >= 0.6 is 12.4 Å². The van der Waals surface area contributed by atoms with Gasteiger partial charge >= 0.3 is 0 Å². The highest BCUT2D eigenvalue weighted by Crippen LogP contribution is 2.37. The molecule has 0 saturated carbocycles. The fourth-order valence-corrected chi connectivity index (χ4v) is 4.21. The van der Waals surface area contributed by atoms with Crippen LogP contribution in [0.5, 0.6) is 11.5 Å². The van der Waals surface area contributed by atoms with Crippen LogP contribution in [-0.4, -0.2) is 57.4 Å². The molecule has 158 valence electrons. The van der Waals surface area contributed by atoms with Gasteiger partial charge in [0.15, 0.2) is 11.5 Å². The topological polar surface area (TPSA) is 60.0 Å². The highest BCUT2D eigenvalue weighted by molar-refractivity contribution is 5.85. The molecule has 0 bridgehead atoms. The zero-order valence-corrected chi connectivity index (χ0v) is 18.0. The predicted octanol–water partition coefficient (Wildman–Crippen LogP) is 2.81. The summed E-state index contributed by atoms with van der Waals surface area (Å²) in [6.07, 6.45) is 2.50. The van der Waals surface area contributed by atoms with Gasteiger partial charge in [0.2, 0.25) is 5.91 Å². The lowest BCUT2D eigenvalue weighted by Crippen LogP contribution is -2.52. The van der Waals surface area contributed by atoms with Crippen LogP contribution in [0, 0.1) is 5.41 Å². The molecule has 28 heavy (non-hydrogen) atoms. The second-order valence-electron chi connectivity index (χ2n) is 7.37. The van der Waals surface area contributed by atoms with Crippen molar-refractivity contribution in [3.05, 3.63) is 23.3 Å². The minimum atomic E-state index is -0.397. The molecule has 1 aromatic rings. The van der Waals surface area contributed by atoms with Gasteiger partial charge in [0.25, 0.3) is 0 Å². The van der Waals surface area contributed by atoms with Crippen LogP contribution in [0.2, 0.25) is 0 Å². The summed E-state index contributed by atoms with van der Waals surface area (Å²) in [6.45, 7) is 8.73. The molecule has 1 aromatic carbocycles. The van der Waals surface area contributed by atoms with Crippen LogP contribution in [0.4, 0.5) is 0 Å². The van der Waals surface area contributed by atoms with Crippen LogP contribution < -0.4 is 14.8 Å². The first-order chi connectivity index (χ1) is 13.1. The molecule has 1 N–H and O–H groups in total. The number of fused-ring (bicyclic) bond motifs is 1. The number of amides is 1. The van der Waals surface area contributed by atoms with E-state index < -0.39 is 5.41 Å². The van der Waals surface area contributed by atoms with Gasteiger partial charge in [0, 0.05) is 20.2 Å². The summed E-state index contributed by atoms with van der Waals surface area (Å²) in [6, 6.07) is 4.13. The summed E-state index contributed by atoms with van der Waals surface area (Å²) in [5.74, 6) is 1.79. The van der Waals surface area contributed by atoms with Gasteiger partial charge in [0.05, 0.1) is 25.2 Å². The van der Waals surface area contributed by atoms with Crippen molar-refractivity contribution in [3.8, 4) is 11.5 Å². The first-order valence-corrected chi connectivity index (χ1v) is 10.0. The van der Waals surface area contributed by atoms with Crippen molar-refractivity contribution >= 4 is 18.3 Å². The normalized spacial score (nSPS) is 18.0. The lowest BCUT2D eigenvalue weighted by molar-refractivity contribution is -0.148. The molecule has 1 saturated heterocycles. The summed E-state index contributed by atoms with van der Waals surface area (Å²) in [5, 5.41) is 3.35. The second kappa shape index (κ2) is 10.3. The molecule has 6 nitrogen and oxygen atoms in total. The molecular weight excluding hydrogens is 380 g/mol. The van der Waals surface area contributed by atoms with Crippen LogP contribution in [0.3, 0.4) is 0 Å². The Bertz CT molecular complexity index is 657. The number of ether oxygens (including phenoxy) is 3. The number of piperidine rings is 1.